The molecule has 0 fully saturated rings. The van der Waals surface area contributed by atoms with Crippen LogP contribution in [0.4, 0.5) is 4.39 Å². The topological polar surface area (TPSA) is 50.7 Å². The lowest BCUT2D eigenvalue weighted by atomic mass is 9.82. The Morgan fingerprint density at radius 2 is 2.26 bits per heavy atom. The number of nitrogens with zero attached hydrogens (tertiary/aromatic N) is 2. The molecule has 4 nitrogen and oxygen atoms in total. The number of H-pyrrole nitrogens is 1. The van der Waals surface area contributed by atoms with Gasteiger partial charge in [-0.2, -0.15) is 0 Å². The lowest BCUT2D eigenvalue weighted by Crippen LogP contribution is -2.25. The minimum absolute atomic E-state index is 0.0848. The average molecular weight is 311 g/mol. The lowest BCUT2D eigenvalue weighted by Gasteiger charge is -2.21. The van der Waals surface area contributed by atoms with Gasteiger partial charge in [-0.05, 0) is 38.0 Å². The number of hydrogen-bond acceptors (Lipinski definition) is 2. The van der Waals surface area contributed by atoms with Crippen LogP contribution in [0, 0.1) is 18.7 Å². The number of fused-ring (bicyclic) bond motifs is 3. The molecule has 1 N–H and O–H groups in total. The first kappa shape index (κ1) is 14.2. The van der Waals surface area contributed by atoms with Gasteiger partial charge in [0.25, 0.3) is 0 Å². The van der Waals surface area contributed by atoms with Crippen molar-refractivity contribution in [3.63, 3.8) is 0 Å². The fraction of sp³-hybridized carbons (Fsp3) is 0.333. The molecule has 118 valence electrons. The predicted molar refractivity (Wildman–Crippen MR) is 86.0 cm³/mol. The number of Topliss-reactive ketones (excluding diaryl/α,β-unsaturated/α-hetero) is 1. The molecule has 0 bridgehead atoms. The van der Waals surface area contributed by atoms with Crippen molar-refractivity contribution in [2.45, 2.75) is 26.2 Å². The van der Waals surface area contributed by atoms with E-state index in [1.54, 1.807) is 12.4 Å². The Kier molecular flexibility index (Phi) is 3.11. The summed E-state index contributed by atoms with van der Waals surface area (Å²) < 4.78 is 15.7. The molecule has 5 heteroatoms. The number of nitrogens with one attached hydrogen (secondary N) is 1. The van der Waals surface area contributed by atoms with Gasteiger partial charge in [0.05, 0.1) is 12.0 Å². The minimum atomic E-state index is -0.302. The highest BCUT2D eigenvalue weighted by molar-refractivity contribution is 6.11. The second-order valence-corrected chi connectivity index (χ2v) is 6.32. The summed E-state index contributed by atoms with van der Waals surface area (Å²) >= 11 is 0. The Morgan fingerprint density at radius 1 is 1.43 bits per heavy atom. The van der Waals surface area contributed by atoms with Gasteiger partial charge in [0, 0.05) is 47.2 Å². The van der Waals surface area contributed by atoms with E-state index in [1.807, 2.05) is 18.5 Å². The van der Waals surface area contributed by atoms with Crippen LogP contribution in [0.25, 0.3) is 10.9 Å². The molecular weight excluding hydrogens is 293 g/mol. The molecule has 3 aromatic rings. The molecule has 0 saturated carbocycles. The van der Waals surface area contributed by atoms with Crippen molar-refractivity contribution in [2.24, 2.45) is 13.0 Å². The van der Waals surface area contributed by atoms with E-state index in [0.29, 0.717) is 12.0 Å². The van der Waals surface area contributed by atoms with E-state index in [9.17, 15) is 9.18 Å². The molecule has 0 saturated heterocycles. The molecule has 0 aliphatic heterocycles. The first-order valence-electron chi connectivity index (χ1n) is 7.86. The number of carbonyl (C=O) groups is 1. The summed E-state index contributed by atoms with van der Waals surface area (Å²) in [4.78, 5) is 20.4. The monoisotopic (exact) mass is 311 g/mol. The zero-order valence-corrected chi connectivity index (χ0v) is 13.2. The Bertz CT molecular complexity index is 922. The largest absolute Gasteiger partial charge is 0.348 e. The van der Waals surface area contributed by atoms with Gasteiger partial charge in [0.2, 0.25) is 0 Å². The number of halogens is 1. The van der Waals surface area contributed by atoms with E-state index in [0.717, 1.165) is 40.8 Å². The summed E-state index contributed by atoms with van der Waals surface area (Å²) in [6, 6.07) is 4.68. The van der Waals surface area contributed by atoms with Crippen molar-refractivity contribution in [1.82, 2.24) is 14.5 Å². The smallest absolute Gasteiger partial charge is 0.168 e. The molecule has 0 radical (unpaired) electrons. The molecule has 2 heterocycles. The average Bonchev–Trinajstić information content (AvgIpc) is 3.05. The van der Waals surface area contributed by atoms with Gasteiger partial charge in [0.1, 0.15) is 5.82 Å². The number of aromatic amines is 1. The van der Waals surface area contributed by atoms with Gasteiger partial charge in [-0.1, -0.05) is 0 Å². The molecule has 2 aromatic heterocycles. The van der Waals surface area contributed by atoms with Gasteiger partial charge >= 0.3 is 0 Å². The van der Waals surface area contributed by atoms with Crippen molar-refractivity contribution in [2.75, 3.05) is 0 Å². The molecule has 0 spiro atoms. The highest BCUT2D eigenvalue weighted by Gasteiger charge is 2.32. The second-order valence-electron chi connectivity index (χ2n) is 6.32. The number of rotatable bonds is 2. The van der Waals surface area contributed by atoms with Crippen LogP contribution >= 0.6 is 0 Å². The fourth-order valence-electron chi connectivity index (χ4n) is 3.70. The third kappa shape index (κ3) is 2.11. The number of carbonyl (C=O) groups excluding carboxylic acids is 1. The number of hydrogen-bond donors (Lipinski definition) is 1. The third-order valence-electron chi connectivity index (χ3n) is 5.00. The van der Waals surface area contributed by atoms with Crippen LogP contribution in [0.15, 0.2) is 24.5 Å². The normalized spacial score (nSPS) is 17.7. The maximum Gasteiger partial charge on any atom is 0.168 e. The van der Waals surface area contributed by atoms with Crippen LogP contribution in [0.5, 0.6) is 0 Å². The molecule has 1 aliphatic carbocycles. The van der Waals surface area contributed by atoms with Gasteiger partial charge in [0.15, 0.2) is 5.78 Å². The van der Waals surface area contributed by atoms with E-state index in [-0.39, 0.29) is 17.5 Å². The van der Waals surface area contributed by atoms with Gasteiger partial charge in [-0.25, -0.2) is 9.37 Å². The van der Waals surface area contributed by atoms with Crippen molar-refractivity contribution in [3.8, 4) is 0 Å². The summed E-state index contributed by atoms with van der Waals surface area (Å²) in [6.07, 6.45) is 3.95. The minimum Gasteiger partial charge on any atom is -0.348 e. The van der Waals surface area contributed by atoms with Gasteiger partial charge in [-0.15, -0.1) is 0 Å². The zero-order chi connectivity index (χ0) is 16.1. The van der Waals surface area contributed by atoms with Crippen molar-refractivity contribution in [3.05, 3.63) is 53.0 Å². The van der Waals surface area contributed by atoms with Crippen LogP contribution in [0.3, 0.4) is 0 Å². The number of aryl methyl sites for hydroxylation is 2. The van der Waals surface area contributed by atoms with Crippen molar-refractivity contribution < 1.29 is 9.18 Å². The molecule has 4 rings (SSSR count). The molecule has 0 amide bonds. The zero-order valence-electron chi connectivity index (χ0n) is 13.2. The van der Waals surface area contributed by atoms with E-state index < -0.39 is 0 Å². The first-order chi connectivity index (χ1) is 11.1. The van der Waals surface area contributed by atoms with E-state index in [4.69, 9.17) is 0 Å². The van der Waals surface area contributed by atoms with Crippen LogP contribution in [0.2, 0.25) is 0 Å². The standard InChI is InChI=1S/C18H18FN3O/c1-10-14(21-9-20-10)7-11-3-5-16-17(18(11)23)13-8-12(19)4-6-15(13)22(16)2/h4,6,8-9,11H,3,5,7H2,1-2H3,(H,20,21). The quantitative estimate of drug-likeness (QED) is 0.789. The van der Waals surface area contributed by atoms with E-state index in [1.165, 1.54) is 12.1 Å². The Balaban J connectivity index is 1.79. The Hall–Kier alpha value is -2.43. The van der Waals surface area contributed by atoms with Crippen molar-refractivity contribution in [1.29, 1.82) is 0 Å². The maximum atomic E-state index is 13.7. The second kappa shape index (κ2) is 5.05. The van der Waals surface area contributed by atoms with E-state index >= 15 is 0 Å². The summed E-state index contributed by atoms with van der Waals surface area (Å²) in [7, 11) is 1.95. The molecular formula is C18H18FN3O. The number of ketones is 1. The molecule has 1 aromatic carbocycles. The maximum absolute atomic E-state index is 13.7. The lowest BCUT2D eigenvalue weighted by molar-refractivity contribution is 0.0901. The van der Waals surface area contributed by atoms with Crippen LogP contribution < -0.4 is 0 Å². The predicted octanol–water partition coefficient (Wildman–Crippen LogP) is 3.34. The van der Waals surface area contributed by atoms with Crippen LogP contribution in [-0.4, -0.2) is 20.3 Å². The third-order valence-corrected chi connectivity index (χ3v) is 5.00. The van der Waals surface area contributed by atoms with Crippen LogP contribution in [0.1, 0.15) is 33.9 Å². The Morgan fingerprint density at radius 3 is 3.00 bits per heavy atom. The first-order valence-corrected chi connectivity index (χ1v) is 7.86. The highest BCUT2D eigenvalue weighted by atomic mass is 19.1. The number of imidazole rings is 1. The van der Waals surface area contributed by atoms with Gasteiger partial charge in [-0.3, -0.25) is 4.79 Å². The summed E-state index contributed by atoms with van der Waals surface area (Å²) in [5.41, 5.74) is 4.59. The fourth-order valence-corrected chi connectivity index (χ4v) is 3.70. The van der Waals surface area contributed by atoms with Crippen molar-refractivity contribution >= 4 is 16.7 Å². The van der Waals surface area contributed by atoms with Crippen LogP contribution in [-0.2, 0) is 19.9 Å². The Labute approximate surface area is 133 Å². The molecule has 23 heavy (non-hydrogen) atoms. The SMILES string of the molecule is Cc1[nH]cnc1CC1CCc2c(c3cc(F)ccc3n2C)C1=O. The number of aromatic nitrogens is 3. The summed E-state index contributed by atoms with van der Waals surface area (Å²) in [5, 5.41) is 0.732. The summed E-state index contributed by atoms with van der Waals surface area (Å²) in [6.45, 7) is 1.97. The van der Waals surface area contributed by atoms with Gasteiger partial charge < -0.3 is 9.55 Å². The summed E-state index contributed by atoms with van der Waals surface area (Å²) in [5.74, 6) is -0.271. The van der Waals surface area contributed by atoms with E-state index in [2.05, 4.69) is 9.97 Å². The highest BCUT2D eigenvalue weighted by Crippen LogP contribution is 2.35. The molecule has 1 atom stereocenters. The molecule has 1 aliphatic rings. The number of benzene rings is 1. The molecule has 1 unspecified atom stereocenters.